The first-order chi connectivity index (χ1) is 18.4. The second-order valence-electron chi connectivity index (χ2n) is 8.20. The maximum Gasteiger partial charge on any atom is 0.204 e. The first-order valence-electron chi connectivity index (χ1n) is 10.7. The van der Waals surface area contributed by atoms with E-state index in [-0.39, 0.29) is 6.07 Å². The number of rotatable bonds is 3. The van der Waals surface area contributed by atoms with Crippen LogP contribution in [0.5, 0.6) is 5.75 Å². The molecule has 5 aromatic carbocycles. The molecule has 39 heavy (non-hydrogen) atoms. The maximum absolute atomic E-state index is 15.4. The monoisotopic (exact) mass is 558 g/mol. The number of benzene rings is 5. The van der Waals surface area contributed by atoms with Gasteiger partial charge in [-0.2, -0.15) is 8.78 Å². The van der Waals surface area contributed by atoms with E-state index in [1.54, 1.807) is 0 Å². The third kappa shape index (κ3) is 3.61. The van der Waals surface area contributed by atoms with Crippen LogP contribution in [0.1, 0.15) is 0 Å². The van der Waals surface area contributed by atoms with E-state index >= 15 is 22.0 Å². The zero-order valence-electron chi connectivity index (χ0n) is 19.0. The molecular weight excluding hydrogens is 549 g/mol. The van der Waals surface area contributed by atoms with Gasteiger partial charge in [0.15, 0.2) is 40.7 Å². The first kappa shape index (κ1) is 26.3. The molecule has 0 aromatic heterocycles. The minimum absolute atomic E-state index is 0.187. The summed E-state index contributed by atoms with van der Waals surface area (Å²) in [5.74, 6) is -22.9. The molecule has 0 unspecified atom stereocenters. The quantitative estimate of drug-likeness (QED) is 0.122. The Bertz CT molecular complexity index is 1810. The minimum Gasteiger partial charge on any atom is -0.491 e. The summed E-state index contributed by atoms with van der Waals surface area (Å²) < 4.78 is 168. The lowest BCUT2D eigenvalue weighted by Gasteiger charge is -2.21. The highest BCUT2D eigenvalue weighted by Gasteiger charge is 2.34. The molecule has 0 heterocycles. The number of hydrogen-bond acceptors (Lipinski definition) is 1. The van der Waals surface area contributed by atoms with E-state index in [4.69, 9.17) is 0 Å². The van der Waals surface area contributed by atoms with Crippen molar-refractivity contribution in [2.75, 3.05) is 7.11 Å². The van der Waals surface area contributed by atoms with Gasteiger partial charge in [-0.05, 0) is 23.6 Å². The Kier molecular flexibility index (Phi) is 6.15. The van der Waals surface area contributed by atoms with Crippen molar-refractivity contribution >= 4 is 21.5 Å². The molecule has 0 radical (unpaired) electrons. The van der Waals surface area contributed by atoms with Gasteiger partial charge in [0.05, 0.1) is 18.2 Å². The molecule has 0 aliphatic carbocycles. The summed E-state index contributed by atoms with van der Waals surface area (Å²) in [5, 5.41) is -4.45. The van der Waals surface area contributed by atoms with Crippen molar-refractivity contribution in [2.45, 2.75) is 0 Å². The molecule has 0 atom stereocenters. The first-order valence-corrected chi connectivity index (χ1v) is 10.7. The summed E-state index contributed by atoms with van der Waals surface area (Å²) >= 11 is 0. The van der Waals surface area contributed by atoms with Crippen LogP contribution in [0.4, 0.5) is 48.3 Å². The van der Waals surface area contributed by atoms with Gasteiger partial charge >= 0.3 is 0 Å². The van der Waals surface area contributed by atoms with Gasteiger partial charge in [-0.3, -0.25) is 0 Å². The molecule has 0 saturated heterocycles. The molecule has 0 aliphatic rings. The van der Waals surface area contributed by atoms with E-state index in [0.29, 0.717) is 25.3 Å². The Morgan fingerprint density at radius 2 is 0.897 bits per heavy atom. The summed E-state index contributed by atoms with van der Waals surface area (Å²) in [4.78, 5) is 0. The predicted octanol–water partition coefficient (Wildman–Crippen LogP) is 8.87. The van der Waals surface area contributed by atoms with Gasteiger partial charge in [0.25, 0.3) is 0 Å². The summed E-state index contributed by atoms with van der Waals surface area (Å²) in [7, 11) is 0.686. The fraction of sp³-hybridized carbons (Fsp3) is 0.0370. The van der Waals surface area contributed by atoms with E-state index in [0.717, 1.165) is 12.1 Å². The Hall–Kier alpha value is -4.35. The number of hydrogen-bond donors (Lipinski definition) is 0. The van der Waals surface area contributed by atoms with Gasteiger partial charge in [0.2, 0.25) is 11.6 Å². The van der Waals surface area contributed by atoms with Crippen molar-refractivity contribution in [1.82, 2.24) is 0 Å². The van der Waals surface area contributed by atoms with Crippen molar-refractivity contribution in [1.29, 1.82) is 0 Å². The van der Waals surface area contributed by atoms with Gasteiger partial charge in [-0.1, -0.05) is 12.1 Å². The van der Waals surface area contributed by atoms with Crippen molar-refractivity contribution in [3.05, 3.63) is 100 Å². The molecular formula is C27H9F11O. The van der Waals surface area contributed by atoms with Gasteiger partial charge in [0.1, 0.15) is 17.5 Å². The summed E-state index contributed by atoms with van der Waals surface area (Å²) in [6.45, 7) is 0. The minimum atomic E-state index is -2.16. The topological polar surface area (TPSA) is 9.23 Å². The lowest BCUT2D eigenvalue weighted by atomic mass is 9.84. The maximum atomic E-state index is 15.4. The Morgan fingerprint density at radius 1 is 0.436 bits per heavy atom. The highest BCUT2D eigenvalue weighted by atomic mass is 19.2. The van der Waals surface area contributed by atoms with E-state index < -0.39 is 114 Å². The molecule has 0 spiro atoms. The van der Waals surface area contributed by atoms with Crippen molar-refractivity contribution in [2.24, 2.45) is 0 Å². The molecule has 200 valence electrons. The smallest absolute Gasteiger partial charge is 0.204 e. The average Bonchev–Trinajstić information content (AvgIpc) is 2.89. The van der Waals surface area contributed by atoms with Crippen LogP contribution in [0.15, 0.2) is 36.4 Å². The van der Waals surface area contributed by atoms with Crippen LogP contribution in [0, 0.1) is 64.0 Å². The summed E-state index contributed by atoms with van der Waals surface area (Å²) in [5.41, 5.74) is -5.73. The number of methoxy groups -OCH3 is 1. The van der Waals surface area contributed by atoms with Gasteiger partial charge in [-0.25, -0.2) is 39.5 Å². The van der Waals surface area contributed by atoms with Crippen molar-refractivity contribution in [3.8, 4) is 28.0 Å². The molecule has 12 heteroatoms. The third-order valence-corrected chi connectivity index (χ3v) is 6.18. The van der Waals surface area contributed by atoms with Crippen molar-refractivity contribution < 1.29 is 53.0 Å². The largest absolute Gasteiger partial charge is 0.491 e. The molecule has 5 rings (SSSR count). The molecule has 0 amide bonds. The number of fused-ring (bicyclic) bond motifs is 2. The average molecular weight is 558 g/mol. The Balaban J connectivity index is 2.18. The number of ether oxygens (including phenoxy) is 1. The third-order valence-electron chi connectivity index (χ3n) is 6.18. The summed E-state index contributed by atoms with van der Waals surface area (Å²) in [6, 6.07) is 2.91. The molecule has 1 nitrogen and oxygen atoms in total. The van der Waals surface area contributed by atoms with Crippen LogP contribution in [-0.4, -0.2) is 7.11 Å². The van der Waals surface area contributed by atoms with E-state index in [1.807, 2.05) is 0 Å². The zero-order valence-corrected chi connectivity index (χ0v) is 19.0. The van der Waals surface area contributed by atoms with Crippen LogP contribution < -0.4 is 4.74 Å². The van der Waals surface area contributed by atoms with Crippen LogP contribution in [0.2, 0.25) is 0 Å². The van der Waals surface area contributed by atoms with E-state index in [2.05, 4.69) is 4.74 Å². The Morgan fingerprint density at radius 3 is 1.41 bits per heavy atom. The highest BCUT2D eigenvalue weighted by Crippen LogP contribution is 2.49. The van der Waals surface area contributed by atoms with E-state index in [9.17, 15) is 26.3 Å². The SMILES string of the molecule is COc1c(F)c(F)c(-c2c3cccc(F)c3c(-c3c(F)c(F)cc(F)c3F)c3c(F)ccc(F)c23)c(F)c1F. The van der Waals surface area contributed by atoms with Crippen LogP contribution in [-0.2, 0) is 0 Å². The standard InChI is InChI=1S/C27H9F11O/c1-39-27-25(37)23(35)19(24(36)26(27)38)15-8-3-2-4-9(28)14(8)18(17-11(30)6-5-10(29)16(15)17)20-21(33)12(31)7-13(32)22(20)34/h2-7H,1H3. The van der Waals surface area contributed by atoms with E-state index in [1.165, 1.54) is 0 Å². The molecule has 0 aliphatic heterocycles. The van der Waals surface area contributed by atoms with Gasteiger partial charge in [0, 0.05) is 33.4 Å². The second kappa shape index (κ2) is 9.14. The molecule has 0 bridgehead atoms. The fourth-order valence-corrected chi connectivity index (χ4v) is 4.60. The fourth-order valence-electron chi connectivity index (χ4n) is 4.60. The van der Waals surface area contributed by atoms with Crippen LogP contribution in [0.3, 0.4) is 0 Å². The summed E-state index contributed by atoms with van der Waals surface area (Å²) in [6.07, 6.45) is 0. The normalized spacial score (nSPS) is 11.6. The Labute approximate surface area is 210 Å². The van der Waals surface area contributed by atoms with Gasteiger partial charge in [-0.15, -0.1) is 0 Å². The molecule has 0 fully saturated rings. The molecule has 5 aromatic rings. The van der Waals surface area contributed by atoms with Crippen LogP contribution in [0.25, 0.3) is 43.8 Å². The zero-order chi connectivity index (χ0) is 28.5. The molecule has 0 N–H and O–H groups in total. The predicted molar refractivity (Wildman–Crippen MR) is 118 cm³/mol. The van der Waals surface area contributed by atoms with Crippen LogP contribution >= 0.6 is 0 Å². The lowest BCUT2D eigenvalue weighted by Crippen LogP contribution is -2.07. The molecule has 0 saturated carbocycles. The second-order valence-corrected chi connectivity index (χ2v) is 8.20. The van der Waals surface area contributed by atoms with Crippen molar-refractivity contribution in [3.63, 3.8) is 0 Å². The highest BCUT2D eigenvalue weighted by molar-refractivity contribution is 6.22. The van der Waals surface area contributed by atoms with Gasteiger partial charge < -0.3 is 4.74 Å². The lowest BCUT2D eigenvalue weighted by molar-refractivity contribution is 0.334. The number of halogens is 11.